The quantitative estimate of drug-likeness (QED) is 0.729. The maximum absolute atomic E-state index is 11.7. The van der Waals surface area contributed by atoms with Crippen LogP contribution in [0, 0.1) is 0 Å². The summed E-state index contributed by atoms with van der Waals surface area (Å²) in [6, 6.07) is 0.317. The van der Waals surface area contributed by atoms with Crippen LogP contribution in [0.15, 0.2) is 0 Å². The van der Waals surface area contributed by atoms with Crippen LogP contribution < -0.4 is 5.32 Å². The van der Waals surface area contributed by atoms with E-state index in [1.807, 2.05) is 11.8 Å². The summed E-state index contributed by atoms with van der Waals surface area (Å²) in [7, 11) is 0. The molecule has 4 nitrogen and oxygen atoms in total. The van der Waals surface area contributed by atoms with Gasteiger partial charge in [-0.1, -0.05) is 0 Å². The molecule has 0 aromatic rings. The van der Waals surface area contributed by atoms with Crippen LogP contribution >= 0.6 is 12.4 Å². The second kappa shape index (κ2) is 7.91. The molecule has 1 aliphatic heterocycles. The van der Waals surface area contributed by atoms with Crippen molar-refractivity contribution in [3.63, 3.8) is 0 Å². The van der Waals surface area contributed by atoms with Crippen LogP contribution in [0.1, 0.15) is 20.3 Å². The number of hydrogen-bond donors (Lipinski definition) is 1. The number of rotatable bonds is 4. The number of amides is 1. The zero-order chi connectivity index (χ0) is 10.4. The molecule has 90 valence electrons. The van der Waals surface area contributed by atoms with Gasteiger partial charge in [-0.3, -0.25) is 4.79 Å². The van der Waals surface area contributed by atoms with Crippen molar-refractivity contribution in [1.29, 1.82) is 0 Å². The van der Waals surface area contributed by atoms with Gasteiger partial charge in [-0.25, -0.2) is 0 Å². The number of hydrogen-bond acceptors (Lipinski definition) is 3. The predicted octanol–water partition coefficient (Wildman–Crippen LogP) is 0.655. The summed E-state index contributed by atoms with van der Waals surface area (Å²) in [5, 5.41) is 3.26. The van der Waals surface area contributed by atoms with Crippen LogP contribution in [0.3, 0.4) is 0 Å². The Morgan fingerprint density at radius 2 is 2.33 bits per heavy atom. The zero-order valence-corrected chi connectivity index (χ0v) is 10.3. The molecule has 0 spiro atoms. The van der Waals surface area contributed by atoms with E-state index in [1.165, 1.54) is 0 Å². The Morgan fingerprint density at radius 3 is 2.93 bits per heavy atom. The summed E-state index contributed by atoms with van der Waals surface area (Å²) in [5.41, 5.74) is 0. The van der Waals surface area contributed by atoms with Gasteiger partial charge in [-0.15, -0.1) is 12.4 Å². The molecule has 0 aromatic carbocycles. The van der Waals surface area contributed by atoms with Gasteiger partial charge in [0.1, 0.15) is 0 Å². The van der Waals surface area contributed by atoms with Crippen LogP contribution in [-0.2, 0) is 9.53 Å². The van der Waals surface area contributed by atoms with E-state index in [1.54, 1.807) is 0 Å². The molecule has 1 atom stereocenters. The van der Waals surface area contributed by atoms with Gasteiger partial charge in [0.05, 0.1) is 13.0 Å². The van der Waals surface area contributed by atoms with Crippen molar-refractivity contribution in [3.8, 4) is 0 Å². The predicted molar refractivity (Wildman–Crippen MR) is 62.4 cm³/mol. The van der Waals surface area contributed by atoms with E-state index < -0.39 is 0 Å². The fourth-order valence-electron chi connectivity index (χ4n) is 1.66. The molecule has 15 heavy (non-hydrogen) atoms. The van der Waals surface area contributed by atoms with E-state index in [2.05, 4.69) is 12.2 Å². The average molecular weight is 237 g/mol. The highest BCUT2D eigenvalue weighted by Gasteiger charge is 2.22. The van der Waals surface area contributed by atoms with Gasteiger partial charge in [0.15, 0.2) is 0 Å². The molecule has 1 fully saturated rings. The first-order chi connectivity index (χ1) is 6.75. The second-order valence-electron chi connectivity index (χ2n) is 3.59. The molecule has 1 rings (SSSR count). The summed E-state index contributed by atoms with van der Waals surface area (Å²) in [6.07, 6.45) is 0.512. The highest BCUT2D eigenvalue weighted by atomic mass is 35.5. The summed E-state index contributed by atoms with van der Waals surface area (Å²) in [6.45, 7) is 7.89. The maximum Gasteiger partial charge on any atom is 0.225 e. The van der Waals surface area contributed by atoms with Crippen molar-refractivity contribution in [2.24, 2.45) is 0 Å². The normalized spacial score (nSPS) is 20.9. The number of halogens is 1. The van der Waals surface area contributed by atoms with E-state index in [0.717, 1.165) is 19.6 Å². The third-order valence-corrected chi connectivity index (χ3v) is 2.49. The number of nitrogens with one attached hydrogen (secondary N) is 1. The van der Waals surface area contributed by atoms with Gasteiger partial charge in [0, 0.05) is 32.3 Å². The molecule has 5 heteroatoms. The minimum absolute atomic E-state index is 0. The SMILES string of the molecule is CCOCCC(=O)N1CCNCC1C.Cl. The molecule has 0 bridgehead atoms. The zero-order valence-electron chi connectivity index (χ0n) is 9.49. The smallest absolute Gasteiger partial charge is 0.225 e. The Balaban J connectivity index is 0.00000196. The molecular formula is C10H21ClN2O2. The number of ether oxygens (including phenoxy) is 1. The molecule has 0 aliphatic carbocycles. The topological polar surface area (TPSA) is 41.6 Å². The van der Waals surface area contributed by atoms with Crippen LogP contribution in [-0.4, -0.2) is 49.7 Å². The molecule has 1 amide bonds. The molecule has 0 radical (unpaired) electrons. The van der Waals surface area contributed by atoms with Crippen molar-refractivity contribution in [2.75, 3.05) is 32.8 Å². The molecule has 0 saturated carbocycles. The lowest BCUT2D eigenvalue weighted by molar-refractivity contribution is -0.135. The van der Waals surface area contributed by atoms with Crippen molar-refractivity contribution < 1.29 is 9.53 Å². The second-order valence-corrected chi connectivity index (χ2v) is 3.59. The Hall–Kier alpha value is -0.320. The van der Waals surface area contributed by atoms with E-state index in [4.69, 9.17) is 4.74 Å². The first kappa shape index (κ1) is 14.7. The standard InChI is InChI=1S/C10H20N2O2.ClH/c1-3-14-7-4-10(13)12-6-5-11-8-9(12)2;/h9,11H,3-8H2,1-2H3;1H. The molecule has 1 N–H and O–H groups in total. The largest absolute Gasteiger partial charge is 0.381 e. The van der Waals surface area contributed by atoms with Crippen LogP contribution in [0.2, 0.25) is 0 Å². The lowest BCUT2D eigenvalue weighted by atomic mass is 10.2. The Kier molecular flexibility index (Phi) is 7.74. The molecule has 1 saturated heterocycles. The average Bonchev–Trinajstić information content (AvgIpc) is 2.18. The van der Waals surface area contributed by atoms with Gasteiger partial charge in [0.25, 0.3) is 0 Å². The van der Waals surface area contributed by atoms with Gasteiger partial charge >= 0.3 is 0 Å². The molecule has 1 aliphatic rings. The van der Waals surface area contributed by atoms with Crippen molar-refractivity contribution in [1.82, 2.24) is 10.2 Å². The lowest BCUT2D eigenvalue weighted by Crippen LogP contribution is -2.52. The van der Waals surface area contributed by atoms with Gasteiger partial charge in [-0.05, 0) is 13.8 Å². The third kappa shape index (κ3) is 4.82. The summed E-state index contributed by atoms with van der Waals surface area (Å²) in [4.78, 5) is 13.6. The fourth-order valence-corrected chi connectivity index (χ4v) is 1.66. The Bertz CT molecular complexity index is 190. The van der Waals surface area contributed by atoms with E-state index in [9.17, 15) is 4.79 Å². The van der Waals surface area contributed by atoms with Crippen molar-refractivity contribution in [2.45, 2.75) is 26.3 Å². The Morgan fingerprint density at radius 1 is 1.60 bits per heavy atom. The van der Waals surface area contributed by atoms with E-state index in [-0.39, 0.29) is 18.3 Å². The first-order valence-electron chi connectivity index (χ1n) is 5.33. The van der Waals surface area contributed by atoms with Crippen LogP contribution in [0.25, 0.3) is 0 Å². The summed E-state index contributed by atoms with van der Waals surface area (Å²) in [5.74, 6) is 0.215. The van der Waals surface area contributed by atoms with Crippen molar-refractivity contribution >= 4 is 18.3 Å². The minimum Gasteiger partial charge on any atom is -0.381 e. The first-order valence-corrected chi connectivity index (χ1v) is 5.33. The molecule has 1 unspecified atom stereocenters. The third-order valence-electron chi connectivity index (χ3n) is 2.49. The van der Waals surface area contributed by atoms with Gasteiger partial charge in [-0.2, -0.15) is 0 Å². The fraction of sp³-hybridized carbons (Fsp3) is 0.900. The van der Waals surface area contributed by atoms with Gasteiger partial charge in [0.2, 0.25) is 5.91 Å². The van der Waals surface area contributed by atoms with E-state index in [0.29, 0.717) is 25.7 Å². The summed E-state index contributed by atoms with van der Waals surface area (Å²) < 4.78 is 5.17. The monoisotopic (exact) mass is 236 g/mol. The molecular weight excluding hydrogens is 216 g/mol. The maximum atomic E-state index is 11.7. The van der Waals surface area contributed by atoms with Crippen LogP contribution in [0.4, 0.5) is 0 Å². The van der Waals surface area contributed by atoms with Crippen molar-refractivity contribution in [3.05, 3.63) is 0 Å². The van der Waals surface area contributed by atoms with Gasteiger partial charge < -0.3 is 15.0 Å². The highest BCUT2D eigenvalue weighted by Crippen LogP contribution is 2.04. The minimum atomic E-state index is 0. The summed E-state index contributed by atoms with van der Waals surface area (Å²) >= 11 is 0. The van der Waals surface area contributed by atoms with Crippen LogP contribution in [0.5, 0.6) is 0 Å². The number of carbonyl (C=O) groups is 1. The van der Waals surface area contributed by atoms with E-state index >= 15 is 0 Å². The number of carbonyl (C=O) groups excluding carboxylic acids is 1. The number of piperazine rings is 1. The molecule has 1 heterocycles. The number of nitrogens with zero attached hydrogens (tertiary/aromatic N) is 1. The lowest BCUT2D eigenvalue weighted by Gasteiger charge is -2.34. The molecule has 0 aromatic heterocycles. The highest BCUT2D eigenvalue weighted by molar-refractivity contribution is 5.85. The Labute approximate surface area is 97.8 Å².